The van der Waals surface area contributed by atoms with Gasteiger partial charge >= 0.3 is 5.97 Å². The summed E-state index contributed by atoms with van der Waals surface area (Å²) in [6.45, 7) is 1.90. The number of para-hydroxylation sites is 1. The smallest absolute Gasteiger partial charge is 0.337 e. The van der Waals surface area contributed by atoms with E-state index in [1.54, 1.807) is 12.1 Å². The van der Waals surface area contributed by atoms with Crippen molar-refractivity contribution in [2.45, 2.75) is 6.92 Å². The minimum absolute atomic E-state index is 0.0325. The number of halogens is 1. The first-order valence-corrected chi connectivity index (χ1v) is 6.34. The summed E-state index contributed by atoms with van der Waals surface area (Å²) in [5.74, 6) is -0.112. The van der Waals surface area contributed by atoms with Gasteiger partial charge in [0.15, 0.2) is 5.75 Å². The molecule has 0 amide bonds. The highest BCUT2D eigenvalue weighted by atomic mass is 79.9. The lowest BCUT2D eigenvalue weighted by Crippen LogP contribution is -2.03. The zero-order valence-electron chi connectivity index (χ0n) is 10.2. The molecule has 0 heterocycles. The second-order valence-electron chi connectivity index (χ2n) is 4.03. The Bertz CT molecular complexity index is 641. The third-order valence-electron chi connectivity index (χ3n) is 2.67. The van der Waals surface area contributed by atoms with Crippen molar-refractivity contribution in [2.24, 2.45) is 0 Å². The standard InChI is InChI=1S/C14H12BrNO3/c1-8-5-6-9(15)7-12(8)19-11-4-2-3-10(13(11)16)14(17)18/h2-7H,16H2,1H3,(H,17,18). The van der Waals surface area contributed by atoms with Crippen molar-refractivity contribution in [1.82, 2.24) is 0 Å². The quantitative estimate of drug-likeness (QED) is 0.843. The average Bonchev–Trinajstić information content (AvgIpc) is 2.36. The number of ether oxygens (including phenoxy) is 1. The Kier molecular flexibility index (Phi) is 3.76. The van der Waals surface area contributed by atoms with Crippen LogP contribution in [0, 0.1) is 6.92 Å². The van der Waals surface area contributed by atoms with Crippen LogP contribution in [0.25, 0.3) is 0 Å². The van der Waals surface area contributed by atoms with Gasteiger partial charge in [-0.1, -0.05) is 28.1 Å². The normalized spacial score (nSPS) is 10.2. The summed E-state index contributed by atoms with van der Waals surface area (Å²) < 4.78 is 6.57. The van der Waals surface area contributed by atoms with Crippen molar-refractivity contribution in [3.63, 3.8) is 0 Å². The van der Waals surface area contributed by atoms with Crippen LogP contribution < -0.4 is 10.5 Å². The molecule has 19 heavy (non-hydrogen) atoms. The molecule has 98 valence electrons. The van der Waals surface area contributed by atoms with E-state index < -0.39 is 5.97 Å². The first-order chi connectivity index (χ1) is 8.99. The fourth-order valence-corrected chi connectivity index (χ4v) is 1.96. The van der Waals surface area contributed by atoms with Gasteiger partial charge in [-0.2, -0.15) is 0 Å². The van der Waals surface area contributed by atoms with Gasteiger partial charge < -0.3 is 15.6 Å². The number of aryl methyl sites for hydroxylation is 1. The van der Waals surface area contributed by atoms with Crippen LogP contribution in [-0.2, 0) is 0 Å². The van der Waals surface area contributed by atoms with Crippen LogP contribution in [0.15, 0.2) is 40.9 Å². The fourth-order valence-electron chi connectivity index (χ4n) is 1.62. The lowest BCUT2D eigenvalue weighted by atomic mass is 10.1. The van der Waals surface area contributed by atoms with Gasteiger partial charge in [0.05, 0.1) is 11.3 Å². The first kappa shape index (κ1) is 13.4. The molecule has 0 saturated heterocycles. The highest BCUT2D eigenvalue weighted by Gasteiger charge is 2.13. The molecule has 2 aromatic rings. The largest absolute Gasteiger partial charge is 0.478 e. The number of nitrogens with two attached hydrogens (primary N) is 1. The molecule has 0 aliphatic rings. The van der Waals surface area contributed by atoms with Crippen molar-refractivity contribution >= 4 is 27.6 Å². The summed E-state index contributed by atoms with van der Waals surface area (Å²) in [4.78, 5) is 11.0. The van der Waals surface area contributed by atoms with Gasteiger partial charge in [-0.05, 0) is 36.8 Å². The van der Waals surface area contributed by atoms with E-state index in [4.69, 9.17) is 15.6 Å². The molecule has 0 unspecified atom stereocenters. The summed E-state index contributed by atoms with van der Waals surface area (Å²) in [6.07, 6.45) is 0. The second kappa shape index (κ2) is 5.32. The Labute approximate surface area is 118 Å². The molecular formula is C14H12BrNO3. The van der Waals surface area contributed by atoms with Gasteiger partial charge in [0.2, 0.25) is 0 Å². The highest BCUT2D eigenvalue weighted by Crippen LogP contribution is 2.33. The Morgan fingerprint density at radius 2 is 2.00 bits per heavy atom. The van der Waals surface area contributed by atoms with Crippen LogP contribution >= 0.6 is 15.9 Å². The number of hydrogen-bond acceptors (Lipinski definition) is 3. The molecule has 4 nitrogen and oxygen atoms in total. The molecular weight excluding hydrogens is 310 g/mol. The number of hydrogen-bond donors (Lipinski definition) is 2. The van der Waals surface area contributed by atoms with Gasteiger partial charge in [-0.15, -0.1) is 0 Å². The van der Waals surface area contributed by atoms with E-state index in [0.29, 0.717) is 11.5 Å². The SMILES string of the molecule is Cc1ccc(Br)cc1Oc1cccc(C(=O)O)c1N. The second-order valence-corrected chi connectivity index (χ2v) is 4.95. The van der Waals surface area contributed by atoms with Crippen LogP contribution in [0.1, 0.15) is 15.9 Å². The van der Waals surface area contributed by atoms with E-state index in [2.05, 4.69) is 15.9 Å². The van der Waals surface area contributed by atoms with Gasteiger partial charge in [0.1, 0.15) is 5.75 Å². The van der Waals surface area contributed by atoms with Crippen LogP contribution in [0.5, 0.6) is 11.5 Å². The molecule has 0 saturated carbocycles. The fraction of sp³-hybridized carbons (Fsp3) is 0.0714. The van der Waals surface area contributed by atoms with E-state index in [9.17, 15) is 4.79 Å². The topological polar surface area (TPSA) is 72.5 Å². The zero-order valence-corrected chi connectivity index (χ0v) is 11.8. The lowest BCUT2D eigenvalue weighted by Gasteiger charge is -2.12. The van der Waals surface area contributed by atoms with E-state index in [-0.39, 0.29) is 11.3 Å². The number of aromatic carboxylic acids is 1. The minimum atomic E-state index is -1.08. The maximum Gasteiger partial charge on any atom is 0.337 e. The van der Waals surface area contributed by atoms with Crippen LogP contribution in [-0.4, -0.2) is 11.1 Å². The number of carboxylic acids is 1. The van der Waals surface area contributed by atoms with Crippen molar-refractivity contribution in [1.29, 1.82) is 0 Å². The molecule has 5 heteroatoms. The third kappa shape index (κ3) is 2.88. The number of nitrogen functional groups attached to an aromatic ring is 1. The summed E-state index contributed by atoms with van der Waals surface area (Å²) in [7, 11) is 0. The van der Waals surface area contributed by atoms with Gasteiger partial charge in [0, 0.05) is 4.47 Å². The number of rotatable bonds is 3. The monoisotopic (exact) mass is 321 g/mol. The maximum atomic E-state index is 11.0. The van der Waals surface area contributed by atoms with Gasteiger partial charge in [-0.25, -0.2) is 4.79 Å². The molecule has 0 atom stereocenters. The van der Waals surface area contributed by atoms with Gasteiger partial charge in [0.25, 0.3) is 0 Å². The molecule has 0 fully saturated rings. The minimum Gasteiger partial charge on any atom is -0.478 e. The molecule has 0 bridgehead atoms. The Morgan fingerprint density at radius 1 is 1.26 bits per heavy atom. The molecule has 2 rings (SSSR count). The van der Waals surface area contributed by atoms with Crippen molar-refractivity contribution in [3.8, 4) is 11.5 Å². The Morgan fingerprint density at radius 3 is 2.68 bits per heavy atom. The van der Waals surface area contributed by atoms with Gasteiger partial charge in [-0.3, -0.25) is 0 Å². The summed E-state index contributed by atoms with van der Waals surface area (Å²) in [6, 6.07) is 10.3. The summed E-state index contributed by atoms with van der Waals surface area (Å²) in [5, 5.41) is 9.01. The first-order valence-electron chi connectivity index (χ1n) is 5.55. The van der Waals surface area contributed by atoms with E-state index in [1.807, 2.05) is 25.1 Å². The molecule has 0 radical (unpaired) electrons. The van der Waals surface area contributed by atoms with Crippen LogP contribution in [0.3, 0.4) is 0 Å². The van der Waals surface area contributed by atoms with Crippen LogP contribution in [0.2, 0.25) is 0 Å². The predicted molar refractivity (Wildman–Crippen MR) is 76.8 cm³/mol. The molecule has 0 aliphatic heterocycles. The third-order valence-corrected chi connectivity index (χ3v) is 3.16. The summed E-state index contributed by atoms with van der Waals surface area (Å²) >= 11 is 3.36. The predicted octanol–water partition coefficient (Wildman–Crippen LogP) is 3.83. The van der Waals surface area contributed by atoms with Crippen molar-refractivity contribution < 1.29 is 14.6 Å². The maximum absolute atomic E-state index is 11.0. The molecule has 0 aliphatic carbocycles. The molecule has 0 spiro atoms. The van der Waals surface area contributed by atoms with E-state index >= 15 is 0 Å². The number of anilines is 1. The number of carbonyl (C=O) groups is 1. The average molecular weight is 322 g/mol. The highest BCUT2D eigenvalue weighted by molar-refractivity contribution is 9.10. The lowest BCUT2D eigenvalue weighted by molar-refractivity contribution is 0.0698. The zero-order chi connectivity index (χ0) is 14.0. The van der Waals surface area contributed by atoms with Crippen LogP contribution in [0.4, 0.5) is 5.69 Å². The van der Waals surface area contributed by atoms with E-state index in [0.717, 1.165) is 10.0 Å². The van der Waals surface area contributed by atoms with Crippen molar-refractivity contribution in [2.75, 3.05) is 5.73 Å². The number of carboxylic acid groups (broad SMARTS) is 1. The summed E-state index contributed by atoms with van der Waals surface area (Å²) in [5.41, 5.74) is 6.89. The molecule has 2 aromatic carbocycles. The Hall–Kier alpha value is -2.01. The molecule has 3 N–H and O–H groups in total. The molecule has 0 aromatic heterocycles. The Balaban J connectivity index is 2.41. The van der Waals surface area contributed by atoms with E-state index in [1.165, 1.54) is 6.07 Å². The van der Waals surface area contributed by atoms with Crippen molar-refractivity contribution in [3.05, 3.63) is 52.0 Å². The number of benzene rings is 2.